The average Bonchev–Trinajstić information content (AvgIpc) is 2.93. The van der Waals surface area contributed by atoms with E-state index in [2.05, 4.69) is 46.6 Å². The Morgan fingerprint density at radius 1 is 1.00 bits per heavy atom. The Morgan fingerprint density at radius 2 is 1.73 bits per heavy atom. The van der Waals surface area contributed by atoms with Gasteiger partial charge in [0, 0.05) is 34.8 Å². The fourth-order valence-corrected chi connectivity index (χ4v) is 4.75. The molecule has 0 saturated carbocycles. The quantitative estimate of drug-likeness (QED) is 0.789. The summed E-state index contributed by atoms with van der Waals surface area (Å²) < 4.78 is 0. The molecule has 138 valence electrons. The molecule has 2 aromatic carbocycles. The fourth-order valence-electron chi connectivity index (χ4n) is 3.90. The molecule has 2 aliphatic rings. The maximum Gasteiger partial charge on any atom is 0.254 e. The van der Waals surface area contributed by atoms with Crippen LogP contribution in [0.15, 0.2) is 59.5 Å². The first-order valence-corrected chi connectivity index (χ1v) is 10.1. The Morgan fingerprint density at radius 3 is 2.50 bits per heavy atom. The molecule has 2 saturated heterocycles. The first-order chi connectivity index (χ1) is 12.3. The summed E-state index contributed by atoms with van der Waals surface area (Å²) in [6.45, 7) is 1.97. The number of benzene rings is 2. The molecule has 2 aromatic rings. The van der Waals surface area contributed by atoms with Gasteiger partial charge < -0.3 is 10.2 Å². The Balaban J connectivity index is 0.00000196. The summed E-state index contributed by atoms with van der Waals surface area (Å²) in [5, 5.41) is 3.46. The monoisotopic (exact) mass is 388 g/mol. The Kier molecular flexibility index (Phi) is 6.63. The number of fused-ring (bicyclic) bond motifs is 2. The smallest absolute Gasteiger partial charge is 0.254 e. The highest BCUT2D eigenvalue weighted by Crippen LogP contribution is 2.30. The first-order valence-electron chi connectivity index (χ1n) is 9.11. The Bertz CT molecular complexity index is 709. The second-order valence-corrected chi connectivity index (χ2v) is 7.94. The Hall–Kier alpha value is -1.49. The molecule has 4 rings (SSSR count). The van der Waals surface area contributed by atoms with Crippen molar-refractivity contribution in [2.75, 3.05) is 13.1 Å². The van der Waals surface area contributed by atoms with Crippen molar-refractivity contribution in [2.24, 2.45) is 0 Å². The number of nitrogens with one attached hydrogen (secondary N) is 1. The van der Waals surface area contributed by atoms with Crippen molar-refractivity contribution in [1.29, 1.82) is 0 Å². The van der Waals surface area contributed by atoms with Gasteiger partial charge in [0.15, 0.2) is 0 Å². The van der Waals surface area contributed by atoms with Gasteiger partial charge in [0.05, 0.1) is 0 Å². The standard InChI is InChI=1S/C21H24N2OS.ClH/c24-21(23-18-8-9-19(23)14-22-13-12-18)17-6-10-20(11-7-17)25-15-16-4-2-1-3-5-16;/h1-7,10-11,18-19,22H,8-9,12-15H2;1H. The van der Waals surface area contributed by atoms with Crippen molar-refractivity contribution < 1.29 is 4.79 Å². The van der Waals surface area contributed by atoms with E-state index in [0.29, 0.717) is 12.1 Å². The van der Waals surface area contributed by atoms with Crippen LogP contribution in [-0.2, 0) is 5.75 Å². The van der Waals surface area contributed by atoms with Gasteiger partial charge in [-0.25, -0.2) is 0 Å². The van der Waals surface area contributed by atoms with Crippen LogP contribution in [0.5, 0.6) is 0 Å². The average molecular weight is 389 g/mol. The van der Waals surface area contributed by atoms with E-state index in [1.807, 2.05) is 30.0 Å². The minimum Gasteiger partial charge on any atom is -0.331 e. The van der Waals surface area contributed by atoms with E-state index in [1.54, 1.807) is 0 Å². The third kappa shape index (κ3) is 4.25. The molecule has 0 radical (unpaired) electrons. The van der Waals surface area contributed by atoms with Crippen molar-refractivity contribution in [3.63, 3.8) is 0 Å². The van der Waals surface area contributed by atoms with Crippen LogP contribution in [0.4, 0.5) is 0 Å². The molecule has 2 aliphatic heterocycles. The van der Waals surface area contributed by atoms with Crippen LogP contribution in [0.25, 0.3) is 0 Å². The number of amides is 1. The van der Waals surface area contributed by atoms with Gasteiger partial charge in [-0.15, -0.1) is 24.2 Å². The number of carbonyl (C=O) groups is 1. The van der Waals surface area contributed by atoms with Gasteiger partial charge in [0.25, 0.3) is 5.91 Å². The van der Waals surface area contributed by atoms with E-state index in [9.17, 15) is 4.79 Å². The zero-order valence-electron chi connectivity index (χ0n) is 14.8. The largest absolute Gasteiger partial charge is 0.331 e. The number of hydrogen-bond acceptors (Lipinski definition) is 3. The molecule has 26 heavy (non-hydrogen) atoms. The first kappa shape index (κ1) is 19.3. The van der Waals surface area contributed by atoms with Crippen LogP contribution in [0.2, 0.25) is 0 Å². The summed E-state index contributed by atoms with van der Waals surface area (Å²) in [6.07, 6.45) is 3.37. The van der Waals surface area contributed by atoms with Crippen LogP contribution in [-0.4, -0.2) is 36.0 Å². The molecule has 2 unspecified atom stereocenters. The highest BCUT2D eigenvalue weighted by Gasteiger charge is 2.38. The van der Waals surface area contributed by atoms with Gasteiger partial charge in [0.2, 0.25) is 0 Å². The second kappa shape index (κ2) is 8.94. The number of carbonyl (C=O) groups excluding carboxylic acids is 1. The minimum atomic E-state index is 0. The number of nitrogens with zero attached hydrogens (tertiary/aromatic N) is 1. The van der Waals surface area contributed by atoms with Crippen molar-refractivity contribution in [3.8, 4) is 0 Å². The lowest BCUT2D eigenvalue weighted by Gasteiger charge is -2.28. The molecule has 3 nitrogen and oxygen atoms in total. The van der Waals surface area contributed by atoms with Gasteiger partial charge in [0.1, 0.15) is 0 Å². The molecule has 0 aliphatic carbocycles. The molecule has 5 heteroatoms. The van der Waals surface area contributed by atoms with Crippen LogP contribution in [0.1, 0.15) is 35.2 Å². The van der Waals surface area contributed by atoms with E-state index < -0.39 is 0 Å². The van der Waals surface area contributed by atoms with Crippen molar-refractivity contribution >= 4 is 30.1 Å². The van der Waals surface area contributed by atoms with Gasteiger partial charge >= 0.3 is 0 Å². The lowest BCUT2D eigenvalue weighted by atomic mass is 10.1. The zero-order chi connectivity index (χ0) is 17.1. The fraction of sp³-hybridized carbons (Fsp3) is 0.381. The molecule has 1 N–H and O–H groups in total. The number of halogens is 1. The number of rotatable bonds is 4. The van der Waals surface area contributed by atoms with Crippen molar-refractivity contribution in [1.82, 2.24) is 10.2 Å². The highest BCUT2D eigenvalue weighted by atomic mass is 35.5. The Labute approximate surface area is 166 Å². The predicted molar refractivity (Wildman–Crippen MR) is 110 cm³/mol. The van der Waals surface area contributed by atoms with Gasteiger partial charge in [-0.05, 0) is 55.6 Å². The molecule has 2 heterocycles. The van der Waals surface area contributed by atoms with Crippen LogP contribution >= 0.6 is 24.2 Å². The molecule has 1 amide bonds. The molecule has 2 bridgehead atoms. The summed E-state index contributed by atoms with van der Waals surface area (Å²) in [5.41, 5.74) is 2.14. The molecular weight excluding hydrogens is 364 g/mol. The van der Waals surface area contributed by atoms with Crippen molar-refractivity contribution in [2.45, 2.75) is 42.0 Å². The highest BCUT2D eigenvalue weighted by molar-refractivity contribution is 7.98. The van der Waals surface area contributed by atoms with Gasteiger partial charge in [-0.2, -0.15) is 0 Å². The van der Waals surface area contributed by atoms with Crippen molar-refractivity contribution in [3.05, 3.63) is 65.7 Å². The number of hydrogen-bond donors (Lipinski definition) is 1. The number of thioether (sulfide) groups is 1. The summed E-state index contributed by atoms with van der Waals surface area (Å²) >= 11 is 1.81. The summed E-state index contributed by atoms with van der Waals surface area (Å²) in [7, 11) is 0. The van der Waals surface area contributed by atoms with Crippen LogP contribution in [0.3, 0.4) is 0 Å². The molecular formula is C21H25ClN2OS. The van der Waals surface area contributed by atoms with E-state index >= 15 is 0 Å². The topological polar surface area (TPSA) is 32.3 Å². The predicted octanol–water partition coefficient (Wildman–Crippen LogP) is 4.37. The molecule has 0 spiro atoms. The minimum absolute atomic E-state index is 0. The van der Waals surface area contributed by atoms with E-state index in [1.165, 1.54) is 10.5 Å². The third-order valence-corrected chi connectivity index (χ3v) is 6.32. The van der Waals surface area contributed by atoms with Gasteiger partial charge in [-0.3, -0.25) is 4.79 Å². The molecule has 0 aromatic heterocycles. The maximum absolute atomic E-state index is 13.0. The lowest BCUT2D eigenvalue weighted by Crippen LogP contribution is -2.42. The summed E-state index contributed by atoms with van der Waals surface area (Å²) in [5.74, 6) is 1.16. The van der Waals surface area contributed by atoms with E-state index in [0.717, 1.165) is 43.7 Å². The molecule has 2 fully saturated rings. The summed E-state index contributed by atoms with van der Waals surface area (Å²) in [6, 6.07) is 19.4. The SMILES string of the molecule is Cl.O=C(c1ccc(SCc2ccccc2)cc1)N1C2CCNCC1CC2. The van der Waals surface area contributed by atoms with Gasteiger partial charge in [-0.1, -0.05) is 30.3 Å². The second-order valence-electron chi connectivity index (χ2n) is 6.89. The maximum atomic E-state index is 13.0. The third-order valence-electron chi connectivity index (χ3n) is 5.24. The van der Waals surface area contributed by atoms with Crippen LogP contribution < -0.4 is 5.32 Å². The van der Waals surface area contributed by atoms with E-state index in [-0.39, 0.29) is 18.3 Å². The molecule has 2 atom stereocenters. The summed E-state index contributed by atoms with van der Waals surface area (Å²) in [4.78, 5) is 16.3. The lowest BCUT2D eigenvalue weighted by molar-refractivity contribution is 0.0680. The zero-order valence-corrected chi connectivity index (χ0v) is 16.4. The normalized spacial score (nSPS) is 21.8. The van der Waals surface area contributed by atoms with Crippen LogP contribution in [0, 0.1) is 0 Å². The van der Waals surface area contributed by atoms with E-state index in [4.69, 9.17) is 0 Å².